The molecule has 8 nitrogen and oxygen atoms in total. The van der Waals surface area contributed by atoms with E-state index < -0.39 is 0 Å². The third kappa shape index (κ3) is 3.69. The van der Waals surface area contributed by atoms with Crippen LogP contribution in [0.1, 0.15) is 30.9 Å². The maximum atomic E-state index is 12.7. The predicted molar refractivity (Wildman–Crippen MR) is 128 cm³/mol. The molecule has 5 aromatic rings. The van der Waals surface area contributed by atoms with Crippen molar-refractivity contribution in [1.29, 1.82) is 0 Å². The molecule has 0 spiro atoms. The molecule has 0 amide bonds. The molecule has 3 heterocycles. The number of aromatic amines is 1. The van der Waals surface area contributed by atoms with E-state index in [2.05, 4.69) is 29.9 Å². The molecule has 5 rings (SSSR count). The van der Waals surface area contributed by atoms with Crippen molar-refractivity contribution in [3.63, 3.8) is 0 Å². The van der Waals surface area contributed by atoms with Gasteiger partial charge in [-0.05, 0) is 29.2 Å². The number of imidazole rings is 1. The second-order valence-electron chi connectivity index (χ2n) is 8.40. The second kappa shape index (κ2) is 8.05. The van der Waals surface area contributed by atoms with Gasteiger partial charge < -0.3 is 4.98 Å². The third-order valence-corrected chi connectivity index (χ3v) is 5.81. The highest BCUT2D eigenvalue weighted by atomic mass is 16.1. The summed E-state index contributed by atoms with van der Waals surface area (Å²) < 4.78 is 4.92. The van der Waals surface area contributed by atoms with Crippen LogP contribution in [-0.2, 0) is 13.6 Å². The van der Waals surface area contributed by atoms with Gasteiger partial charge in [0.1, 0.15) is 5.52 Å². The van der Waals surface area contributed by atoms with Gasteiger partial charge in [0.2, 0.25) is 0 Å². The number of nitrogens with one attached hydrogen (secondary N) is 1. The fourth-order valence-corrected chi connectivity index (χ4v) is 4.13. The molecule has 0 aliphatic heterocycles. The lowest BCUT2D eigenvalue weighted by Gasteiger charge is -2.12. The smallest absolute Gasteiger partial charge is 0.303 e. The fourth-order valence-electron chi connectivity index (χ4n) is 4.13. The van der Waals surface area contributed by atoms with Crippen molar-refractivity contribution in [1.82, 2.24) is 28.9 Å². The van der Waals surface area contributed by atoms with Gasteiger partial charge in [0.05, 0.1) is 18.4 Å². The Balaban J connectivity index is 1.53. The number of nitrogens with zero attached hydrogens (tertiary/aromatic N) is 5. The maximum Gasteiger partial charge on any atom is 0.328 e. The largest absolute Gasteiger partial charge is 0.328 e. The van der Waals surface area contributed by atoms with Crippen molar-refractivity contribution < 1.29 is 0 Å². The molecule has 1 N–H and O–H groups in total. The van der Waals surface area contributed by atoms with Crippen LogP contribution in [0.2, 0.25) is 0 Å². The van der Waals surface area contributed by atoms with Gasteiger partial charge in [0.25, 0.3) is 5.56 Å². The van der Waals surface area contributed by atoms with Crippen LogP contribution in [0.15, 0.2) is 76.6 Å². The van der Waals surface area contributed by atoms with E-state index in [1.165, 1.54) is 6.07 Å². The highest BCUT2D eigenvalue weighted by molar-refractivity contribution is 5.73. The fraction of sp³-hybridized carbons (Fsp3) is 0.200. The van der Waals surface area contributed by atoms with Gasteiger partial charge in [-0.2, -0.15) is 0 Å². The molecule has 0 bridgehead atoms. The van der Waals surface area contributed by atoms with Crippen molar-refractivity contribution in [2.45, 2.75) is 26.3 Å². The van der Waals surface area contributed by atoms with Crippen molar-refractivity contribution in [2.24, 2.45) is 7.05 Å². The van der Waals surface area contributed by atoms with Crippen LogP contribution >= 0.6 is 0 Å². The van der Waals surface area contributed by atoms with Crippen LogP contribution in [0.3, 0.4) is 0 Å². The molecule has 8 heteroatoms. The molecule has 166 valence electrons. The molecule has 0 saturated heterocycles. The highest BCUT2D eigenvalue weighted by Gasteiger charge is 2.15. The molecular formula is C25H24N6O2. The maximum absolute atomic E-state index is 12.7. The highest BCUT2D eigenvalue weighted by Crippen LogP contribution is 2.27. The minimum atomic E-state index is -0.240. The number of rotatable bonds is 5. The zero-order valence-electron chi connectivity index (χ0n) is 18.7. The van der Waals surface area contributed by atoms with Gasteiger partial charge >= 0.3 is 5.69 Å². The quantitative estimate of drug-likeness (QED) is 0.453. The second-order valence-corrected chi connectivity index (χ2v) is 8.40. The molecule has 3 aromatic heterocycles. The van der Waals surface area contributed by atoms with Crippen molar-refractivity contribution in [3.8, 4) is 17.1 Å². The first-order valence-corrected chi connectivity index (χ1v) is 10.8. The third-order valence-electron chi connectivity index (χ3n) is 5.81. The Bertz CT molecular complexity index is 1570. The summed E-state index contributed by atoms with van der Waals surface area (Å²) in [5.74, 6) is 0.919. The zero-order chi connectivity index (χ0) is 23.1. The number of fused-ring (bicyclic) bond motifs is 1. The summed E-state index contributed by atoms with van der Waals surface area (Å²) in [5.41, 5.74) is 4.63. The summed E-state index contributed by atoms with van der Waals surface area (Å²) in [6, 6.07) is 17.2. The summed E-state index contributed by atoms with van der Waals surface area (Å²) in [4.78, 5) is 36.9. The number of H-pyrrole nitrogens is 1. The number of hydrogen-bond donors (Lipinski definition) is 1. The Hall–Kier alpha value is -4.20. The first-order valence-electron chi connectivity index (χ1n) is 10.8. The van der Waals surface area contributed by atoms with Gasteiger partial charge in [-0.25, -0.2) is 19.4 Å². The van der Waals surface area contributed by atoms with E-state index >= 15 is 0 Å². The Morgan fingerprint density at radius 2 is 1.76 bits per heavy atom. The van der Waals surface area contributed by atoms with Crippen LogP contribution in [0.5, 0.6) is 0 Å². The minimum Gasteiger partial charge on any atom is -0.303 e. The molecule has 2 aromatic carbocycles. The van der Waals surface area contributed by atoms with Crippen molar-refractivity contribution in [2.75, 3.05) is 0 Å². The van der Waals surface area contributed by atoms with Crippen molar-refractivity contribution >= 4 is 11.2 Å². The SMILES string of the molecule is CC(C)c1ccccc1-c1ncc2[nH]c(=O)n(Cc3ccc(-n4c(=O)ccn4C)cc3)c2n1. The summed E-state index contributed by atoms with van der Waals surface area (Å²) in [6.07, 6.45) is 3.38. The molecule has 0 saturated carbocycles. The van der Waals surface area contributed by atoms with Gasteiger partial charge in [-0.3, -0.25) is 14.0 Å². The van der Waals surface area contributed by atoms with Crippen LogP contribution in [-0.4, -0.2) is 28.9 Å². The van der Waals surface area contributed by atoms with E-state index in [4.69, 9.17) is 4.98 Å². The minimum absolute atomic E-state index is 0.0935. The monoisotopic (exact) mass is 440 g/mol. The molecule has 0 radical (unpaired) electrons. The lowest BCUT2D eigenvalue weighted by Crippen LogP contribution is -2.19. The molecular weight excluding hydrogens is 416 g/mol. The van der Waals surface area contributed by atoms with Gasteiger partial charge in [-0.1, -0.05) is 50.2 Å². The van der Waals surface area contributed by atoms with Gasteiger partial charge in [0.15, 0.2) is 11.5 Å². The van der Waals surface area contributed by atoms with Gasteiger partial charge in [-0.15, -0.1) is 0 Å². The van der Waals surface area contributed by atoms with E-state index in [-0.39, 0.29) is 11.2 Å². The van der Waals surface area contributed by atoms with E-state index in [1.807, 2.05) is 49.5 Å². The summed E-state index contributed by atoms with van der Waals surface area (Å²) in [7, 11) is 1.82. The molecule has 33 heavy (non-hydrogen) atoms. The van der Waals surface area contributed by atoms with Crippen LogP contribution in [0, 0.1) is 0 Å². The molecule has 0 fully saturated rings. The Morgan fingerprint density at radius 1 is 1.00 bits per heavy atom. The molecule has 0 aliphatic carbocycles. The summed E-state index contributed by atoms with van der Waals surface area (Å²) in [6.45, 7) is 4.62. The molecule has 0 aliphatic rings. The van der Waals surface area contributed by atoms with E-state index in [0.717, 1.165) is 22.4 Å². The Labute approximate surface area is 189 Å². The summed E-state index contributed by atoms with van der Waals surface area (Å²) >= 11 is 0. The van der Waals surface area contributed by atoms with Crippen LogP contribution in [0.4, 0.5) is 0 Å². The lowest BCUT2D eigenvalue weighted by atomic mass is 9.97. The van der Waals surface area contributed by atoms with E-state index in [9.17, 15) is 9.59 Å². The predicted octanol–water partition coefficient (Wildman–Crippen LogP) is 3.45. The van der Waals surface area contributed by atoms with Gasteiger partial charge in [0, 0.05) is 24.9 Å². The summed E-state index contributed by atoms with van der Waals surface area (Å²) in [5, 5.41) is 0. The number of hydrogen-bond acceptors (Lipinski definition) is 4. The van der Waals surface area contributed by atoms with Crippen LogP contribution in [0.25, 0.3) is 28.2 Å². The molecule has 0 unspecified atom stereocenters. The van der Waals surface area contributed by atoms with Crippen molar-refractivity contribution in [3.05, 3.63) is 99.0 Å². The Kier molecular flexibility index (Phi) is 5.05. The average Bonchev–Trinajstić information content (AvgIpc) is 3.31. The average molecular weight is 441 g/mol. The number of aromatic nitrogens is 6. The topological polar surface area (TPSA) is 90.5 Å². The number of benzene rings is 2. The first kappa shape index (κ1) is 20.7. The molecule has 0 atom stereocenters. The first-order chi connectivity index (χ1) is 15.9. The zero-order valence-corrected chi connectivity index (χ0v) is 18.7. The normalized spacial score (nSPS) is 11.5. The standard InChI is InChI=1S/C25H24N6O2/c1-16(2)19-6-4-5-7-20(19)23-26-14-21-24(28-23)30(25(33)27-21)15-17-8-10-18(11-9-17)31-22(32)12-13-29(31)3/h4-14,16H,15H2,1-3H3,(H,27,33). The van der Waals surface area contributed by atoms with E-state index in [0.29, 0.717) is 29.5 Å². The van der Waals surface area contributed by atoms with Crippen LogP contribution < -0.4 is 11.2 Å². The Morgan fingerprint density at radius 3 is 2.45 bits per heavy atom. The lowest BCUT2D eigenvalue weighted by molar-refractivity contribution is 0.646. The van der Waals surface area contributed by atoms with E-state index in [1.54, 1.807) is 26.3 Å². The number of aryl methyl sites for hydroxylation is 1.